The summed E-state index contributed by atoms with van der Waals surface area (Å²) in [6, 6.07) is 23.6. The Hall–Kier alpha value is -4.66. The molecule has 0 aliphatic heterocycles. The van der Waals surface area contributed by atoms with Crippen molar-refractivity contribution in [3.8, 4) is 11.5 Å². The highest BCUT2D eigenvalue weighted by Gasteiger charge is 2.56. The van der Waals surface area contributed by atoms with Crippen molar-refractivity contribution in [2.45, 2.75) is 66.1 Å². The molecule has 9 heteroatoms. The molecule has 0 radical (unpaired) electrons. The maximum absolute atomic E-state index is 14.3. The lowest BCUT2D eigenvalue weighted by Crippen LogP contribution is -2.56. The van der Waals surface area contributed by atoms with Gasteiger partial charge in [0.25, 0.3) is 0 Å². The summed E-state index contributed by atoms with van der Waals surface area (Å²) in [5.74, 6) is -4.20. The molecule has 1 saturated carbocycles. The Bertz CT molecular complexity index is 1870. The minimum absolute atomic E-state index is 0.245. The standard InChI is InChI=1S/C40H43ClN2O6/c1-7-48-34-20-28(16-19-33(34)49-22-27-14-17-29(41)18-15-27)35-36(38(45)42-30-12-8-10-23(2)25(30)4)32(44)21-40(6,47)37(35)39(46)43-31-13-9-11-24(3)26(31)5/h8-20,35-37,47H,7,21-22H2,1-6H3,(H,42,45)(H,43,46). The summed E-state index contributed by atoms with van der Waals surface area (Å²) in [5, 5.41) is 18.4. The number of amides is 2. The van der Waals surface area contributed by atoms with Crippen molar-refractivity contribution in [2.75, 3.05) is 17.2 Å². The molecular weight excluding hydrogens is 640 g/mol. The molecule has 0 saturated heterocycles. The van der Waals surface area contributed by atoms with Crippen molar-refractivity contribution >= 4 is 40.6 Å². The van der Waals surface area contributed by atoms with E-state index in [1.54, 1.807) is 42.5 Å². The zero-order valence-corrected chi connectivity index (χ0v) is 29.5. The van der Waals surface area contributed by atoms with E-state index in [2.05, 4.69) is 10.6 Å². The van der Waals surface area contributed by atoms with Crippen LogP contribution in [-0.2, 0) is 21.0 Å². The summed E-state index contributed by atoms with van der Waals surface area (Å²) in [4.78, 5) is 42.5. The SMILES string of the molecule is CCOc1cc(C2C(C(=O)Nc3cccc(C)c3C)C(=O)CC(C)(O)C2C(=O)Nc2cccc(C)c2C)ccc1OCc1ccc(Cl)cc1. The van der Waals surface area contributed by atoms with E-state index in [9.17, 15) is 19.5 Å². The molecule has 49 heavy (non-hydrogen) atoms. The van der Waals surface area contributed by atoms with Crippen LogP contribution < -0.4 is 20.1 Å². The lowest BCUT2D eigenvalue weighted by atomic mass is 9.61. The summed E-state index contributed by atoms with van der Waals surface area (Å²) < 4.78 is 12.1. The van der Waals surface area contributed by atoms with E-state index in [-0.39, 0.29) is 13.0 Å². The first kappa shape index (κ1) is 35.6. The van der Waals surface area contributed by atoms with Gasteiger partial charge in [-0.05, 0) is 111 Å². The van der Waals surface area contributed by atoms with Gasteiger partial charge in [-0.3, -0.25) is 14.4 Å². The zero-order valence-electron chi connectivity index (χ0n) is 28.7. The zero-order chi connectivity index (χ0) is 35.5. The first-order valence-electron chi connectivity index (χ1n) is 16.4. The van der Waals surface area contributed by atoms with Crippen LogP contribution in [0, 0.1) is 39.5 Å². The molecule has 4 aromatic rings. The van der Waals surface area contributed by atoms with Crippen LogP contribution in [0.5, 0.6) is 11.5 Å². The van der Waals surface area contributed by atoms with Gasteiger partial charge in [-0.2, -0.15) is 0 Å². The van der Waals surface area contributed by atoms with Crippen LogP contribution in [0.4, 0.5) is 11.4 Å². The van der Waals surface area contributed by atoms with Crippen LogP contribution in [0.1, 0.15) is 59.6 Å². The summed E-state index contributed by atoms with van der Waals surface area (Å²) in [6.45, 7) is 11.6. The van der Waals surface area contributed by atoms with Crippen molar-refractivity contribution in [3.63, 3.8) is 0 Å². The van der Waals surface area contributed by atoms with Gasteiger partial charge in [-0.25, -0.2) is 0 Å². The first-order valence-corrected chi connectivity index (χ1v) is 16.8. The minimum atomic E-state index is -1.77. The summed E-state index contributed by atoms with van der Waals surface area (Å²) in [6.07, 6.45) is -0.375. The number of benzene rings is 4. The molecule has 1 aliphatic rings. The average Bonchev–Trinajstić information content (AvgIpc) is 3.04. The number of nitrogens with one attached hydrogen (secondary N) is 2. The van der Waals surface area contributed by atoms with Crippen molar-refractivity contribution < 1.29 is 29.0 Å². The Morgan fingerprint density at radius 2 is 1.43 bits per heavy atom. The number of aliphatic hydroxyl groups is 1. The molecule has 3 N–H and O–H groups in total. The maximum Gasteiger partial charge on any atom is 0.235 e. The highest BCUT2D eigenvalue weighted by Crippen LogP contribution is 2.48. The lowest BCUT2D eigenvalue weighted by Gasteiger charge is -2.44. The Kier molecular flexibility index (Phi) is 10.8. The summed E-state index contributed by atoms with van der Waals surface area (Å²) in [5.41, 5.74) is 4.50. The van der Waals surface area contributed by atoms with E-state index < -0.39 is 41.0 Å². The minimum Gasteiger partial charge on any atom is -0.490 e. The van der Waals surface area contributed by atoms with Crippen molar-refractivity contribution in [3.05, 3.63) is 117 Å². The van der Waals surface area contributed by atoms with Gasteiger partial charge < -0.3 is 25.2 Å². The normalized spacial score (nSPS) is 20.4. The molecule has 4 atom stereocenters. The van der Waals surface area contributed by atoms with Gasteiger partial charge in [-0.1, -0.05) is 54.1 Å². The second-order valence-corrected chi connectivity index (χ2v) is 13.4. The van der Waals surface area contributed by atoms with Gasteiger partial charge in [0, 0.05) is 28.7 Å². The molecule has 4 unspecified atom stereocenters. The number of ether oxygens (including phenoxy) is 2. The van der Waals surface area contributed by atoms with Crippen molar-refractivity contribution in [2.24, 2.45) is 11.8 Å². The first-order chi connectivity index (χ1) is 23.3. The number of hydrogen-bond donors (Lipinski definition) is 3. The van der Waals surface area contributed by atoms with Crippen molar-refractivity contribution in [1.82, 2.24) is 0 Å². The third-order valence-corrected chi connectivity index (χ3v) is 9.77. The fourth-order valence-electron chi connectivity index (χ4n) is 6.55. The molecule has 5 rings (SSSR count). The summed E-state index contributed by atoms with van der Waals surface area (Å²) >= 11 is 6.04. The second-order valence-electron chi connectivity index (χ2n) is 13.0. The van der Waals surface area contributed by atoms with E-state index in [1.165, 1.54) is 6.92 Å². The number of carbonyl (C=O) groups excluding carboxylic acids is 3. The number of ketones is 1. The number of rotatable bonds is 10. The van der Waals surface area contributed by atoms with Gasteiger partial charge in [0.1, 0.15) is 18.3 Å². The molecule has 0 bridgehead atoms. The fourth-order valence-corrected chi connectivity index (χ4v) is 6.67. The van der Waals surface area contributed by atoms with Gasteiger partial charge in [-0.15, -0.1) is 0 Å². The molecular formula is C40H43ClN2O6. The third kappa shape index (κ3) is 7.82. The molecule has 4 aromatic carbocycles. The Morgan fingerprint density at radius 3 is 2.02 bits per heavy atom. The van der Waals surface area contributed by atoms with Crippen molar-refractivity contribution in [1.29, 1.82) is 0 Å². The second kappa shape index (κ2) is 14.8. The largest absolute Gasteiger partial charge is 0.490 e. The quantitative estimate of drug-likeness (QED) is 0.147. The number of carbonyl (C=O) groups is 3. The Labute approximate surface area is 292 Å². The van der Waals surface area contributed by atoms with E-state index in [0.29, 0.717) is 40.1 Å². The number of hydrogen-bond acceptors (Lipinski definition) is 6. The lowest BCUT2D eigenvalue weighted by molar-refractivity contribution is -0.150. The van der Waals surface area contributed by atoms with Gasteiger partial charge in [0.05, 0.1) is 18.1 Å². The molecule has 0 spiro atoms. The molecule has 1 aliphatic carbocycles. The highest BCUT2D eigenvalue weighted by molar-refractivity contribution is 6.30. The Balaban J connectivity index is 1.59. The van der Waals surface area contributed by atoms with E-state index in [1.807, 2.05) is 71.0 Å². The molecule has 1 fully saturated rings. The number of aryl methyl sites for hydroxylation is 2. The predicted octanol–water partition coefficient (Wildman–Crippen LogP) is 7.87. The van der Waals surface area contributed by atoms with Crippen LogP contribution in [-0.4, -0.2) is 34.9 Å². The maximum atomic E-state index is 14.3. The topological polar surface area (TPSA) is 114 Å². The number of Topliss-reactive ketones (excluding diaryl/α,β-unsaturated/α-hetero) is 1. The predicted molar refractivity (Wildman–Crippen MR) is 192 cm³/mol. The summed E-state index contributed by atoms with van der Waals surface area (Å²) in [7, 11) is 0. The Morgan fingerprint density at radius 1 is 0.837 bits per heavy atom. The average molecular weight is 683 g/mol. The van der Waals surface area contributed by atoms with Gasteiger partial charge in [0.2, 0.25) is 11.8 Å². The molecule has 0 heterocycles. The van der Waals surface area contributed by atoms with Crippen LogP contribution >= 0.6 is 11.6 Å². The van der Waals surface area contributed by atoms with E-state index >= 15 is 0 Å². The number of anilines is 2. The molecule has 2 amide bonds. The molecule has 0 aromatic heterocycles. The van der Waals surface area contributed by atoms with Crippen LogP contribution in [0.2, 0.25) is 5.02 Å². The number of halogens is 1. The van der Waals surface area contributed by atoms with Crippen LogP contribution in [0.3, 0.4) is 0 Å². The molecule has 256 valence electrons. The van der Waals surface area contributed by atoms with E-state index in [0.717, 1.165) is 27.8 Å². The fraction of sp³-hybridized carbons (Fsp3) is 0.325. The van der Waals surface area contributed by atoms with Gasteiger partial charge in [0.15, 0.2) is 11.5 Å². The van der Waals surface area contributed by atoms with Crippen LogP contribution in [0.15, 0.2) is 78.9 Å². The third-order valence-electron chi connectivity index (χ3n) is 9.52. The van der Waals surface area contributed by atoms with Gasteiger partial charge >= 0.3 is 0 Å². The smallest absolute Gasteiger partial charge is 0.235 e. The highest BCUT2D eigenvalue weighted by atomic mass is 35.5. The monoisotopic (exact) mass is 682 g/mol. The molecule has 8 nitrogen and oxygen atoms in total. The van der Waals surface area contributed by atoms with Crippen LogP contribution in [0.25, 0.3) is 0 Å². The van der Waals surface area contributed by atoms with E-state index in [4.69, 9.17) is 21.1 Å².